The first kappa shape index (κ1) is 19.5. The molecule has 2 aromatic carbocycles. The van der Waals surface area contributed by atoms with Gasteiger partial charge in [0, 0.05) is 24.8 Å². The Kier molecular flexibility index (Phi) is 6.03. The molecular weight excluding hydrogens is 361 g/mol. The number of benzene rings is 2. The van der Waals surface area contributed by atoms with Crippen molar-refractivity contribution in [3.05, 3.63) is 59.9 Å². The van der Waals surface area contributed by atoms with Crippen LogP contribution in [-0.2, 0) is 20.8 Å². The van der Waals surface area contributed by atoms with E-state index in [1.807, 2.05) is 0 Å². The number of carbonyl (C=O) groups is 3. The summed E-state index contributed by atoms with van der Waals surface area (Å²) in [6.07, 6.45) is 1.12. The Morgan fingerprint density at radius 1 is 0.964 bits per heavy atom. The van der Waals surface area contributed by atoms with Crippen LogP contribution in [0.2, 0.25) is 0 Å². The summed E-state index contributed by atoms with van der Waals surface area (Å²) in [6, 6.07) is 13.0. The van der Waals surface area contributed by atoms with Gasteiger partial charge in [-0.1, -0.05) is 18.2 Å². The summed E-state index contributed by atoms with van der Waals surface area (Å²) in [4.78, 5) is 35.6. The molecule has 7 heteroatoms. The zero-order valence-corrected chi connectivity index (χ0v) is 15.5. The molecule has 3 amide bonds. The Hall–Kier alpha value is -3.22. The van der Waals surface area contributed by atoms with E-state index in [0.717, 1.165) is 5.56 Å². The highest BCUT2D eigenvalue weighted by molar-refractivity contribution is 6.00. The zero-order valence-electron chi connectivity index (χ0n) is 15.5. The van der Waals surface area contributed by atoms with Gasteiger partial charge in [0.25, 0.3) is 0 Å². The van der Waals surface area contributed by atoms with Crippen LogP contribution in [0.25, 0.3) is 0 Å². The predicted molar refractivity (Wildman–Crippen MR) is 104 cm³/mol. The molecule has 2 atom stereocenters. The third kappa shape index (κ3) is 5.39. The van der Waals surface area contributed by atoms with Crippen molar-refractivity contribution in [1.29, 1.82) is 0 Å². The maximum absolute atomic E-state index is 12.9. The van der Waals surface area contributed by atoms with Gasteiger partial charge in [0.2, 0.25) is 17.7 Å². The summed E-state index contributed by atoms with van der Waals surface area (Å²) >= 11 is 0. The number of hydrogen-bond acceptors (Lipinski definition) is 3. The lowest BCUT2D eigenvalue weighted by Gasteiger charge is -2.08. The lowest BCUT2D eigenvalue weighted by molar-refractivity contribution is -0.125. The molecule has 0 radical (unpaired) electrons. The number of carbonyl (C=O) groups excluding carboxylic acids is 3. The van der Waals surface area contributed by atoms with Crippen LogP contribution in [0.5, 0.6) is 0 Å². The molecule has 1 aliphatic rings. The number of hydrogen-bond donors (Lipinski definition) is 3. The molecule has 0 bridgehead atoms. The molecule has 2 aromatic rings. The predicted octanol–water partition coefficient (Wildman–Crippen LogP) is 2.72. The SMILES string of the molecule is CC(=O)Nc1cccc(NC(=O)C2CC2C(=O)NCCc2ccc(F)cc2)c1. The number of anilines is 2. The highest BCUT2D eigenvalue weighted by Gasteiger charge is 2.47. The fourth-order valence-corrected chi connectivity index (χ4v) is 3.00. The van der Waals surface area contributed by atoms with Crippen molar-refractivity contribution in [2.24, 2.45) is 11.8 Å². The monoisotopic (exact) mass is 383 g/mol. The molecule has 1 aliphatic carbocycles. The fraction of sp³-hybridized carbons (Fsp3) is 0.286. The van der Waals surface area contributed by atoms with Crippen molar-refractivity contribution in [1.82, 2.24) is 5.32 Å². The molecular formula is C21H22FN3O3. The van der Waals surface area contributed by atoms with Gasteiger partial charge in [-0.15, -0.1) is 0 Å². The Labute approximate surface area is 162 Å². The largest absolute Gasteiger partial charge is 0.356 e. The molecule has 2 unspecified atom stereocenters. The molecule has 28 heavy (non-hydrogen) atoms. The Bertz CT molecular complexity index is 883. The molecule has 0 aromatic heterocycles. The maximum Gasteiger partial charge on any atom is 0.228 e. The molecule has 0 heterocycles. The van der Waals surface area contributed by atoms with E-state index >= 15 is 0 Å². The van der Waals surface area contributed by atoms with E-state index in [2.05, 4.69) is 16.0 Å². The quantitative estimate of drug-likeness (QED) is 0.687. The van der Waals surface area contributed by atoms with Gasteiger partial charge < -0.3 is 16.0 Å². The molecule has 0 saturated heterocycles. The summed E-state index contributed by atoms with van der Waals surface area (Å²) in [5, 5.41) is 8.27. The summed E-state index contributed by atoms with van der Waals surface area (Å²) in [6.45, 7) is 1.85. The van der Waals surface area contributed by atoms with Crippen LogP contribution in [0, 0.1) is 17.7 Å². The summed E-state index contributed by atoms with van der Waals surface area (Å²) < 4.78 is 12.9. The van der Waals surface area contributed by atoms with E-state index in [1.165, 1.54) is 19.1 Å². The highest BCUT2D eigenvalue weighted by atomic mass is 19.1. The molecule has 6 nitrogen and oxygen atoms in total. The average Bonchev–Trinajstić information content (AvgIpc) is 3.44. The van der Waals surface area contributed by atoms with Gasteiger partial charge in [0.05, 0.1) is 11.8 Å². The third-order valence-corrected chi connectivity index (χ3v) is 4.54. The first-order chi connectivity index (χ1) is 13.4. The van der Waals surface area contributed by atoms with Crippen molar-refractivity contribution in [3.8, 4) is 0 Å². The van der Waals surface area contributed by atoms with Crippen LogP contribution in [0.1, 0.15) is 18.9 Å². The van der Waals surface area contributed by atoms with Gasteiger partial charge in [0.15, 0.2) is 0 Å². The molecule has 0 spiro atoms. The van der Waals surface area contributed by atoms with Crippen molar-refractivity contribution >= 4 is 29.1 Å². The van der Waals surface area contributed by atoms with Gasteiger partial charge in [-0.05, 0) is 48.7 Å². The summed E-state index contributed by atoms with van der Waals surface area (Å²) in [5.41, 5.74) is 2.10. The second-order valence-corrected chi connectivity index (χ2v) is 6.87. The molecule has 1 saturated carbocycles. The number of amides is 3. The van der Waals surface area contributed by atoms with Gasteiger partial charge in [0.1, 0.15) is 5.82 Å². The van der Waals surface area contributed by atoms with Gasteiger partial charge in [-0.25, -0.2) is 4.39 Å². The lowest BCUT2D eigenvalue weighted by Crippen LogP contribution is -2.29. The summed E-state index contributed by atoms with van der Waals surface area (Å²) in [7, 11) is 0. The minimum absolute atomic E-state index is 0.144. The van der Waals surface area contributed by atoms with E-state index in [0.29, 0.717) is 30.8 Å². The van der Waals surface area contributed by atoms with Crippen molar-refractivity contribution in [2.75, 3.05) is 17.2 Å². The number of nitrogens with one attached hydrogen (secondary N) is 3. The first-order valence-electron chi connectivity index (χ1n) is 9.13. The highest BCUT2D eigenvalue weighted by Crippen LogP contribution is 2.39. The van der Waals surface area contributed by atoms with Crippen LogP contribution < -0.4 is 16.0 Å². The lowest BCUT2D eigenvalue weighted by atomic mass is 10.1. The first-order valence-corrected chi connectivity index (χ1v) is 9.13. The van der Waals surface area contributed by atoms with Crippen LogP contribution in [-0.4, -0.2) is 24.3 Å². The second-order valence-electron chi connectivity index (χ2n) is 6.87. The topological polar surface area (TPSA) is 87.3 Å². The van der Waals surface area contributed by atoms with Gasteiger partial charge >= 0.3 is 0 Å². The Balaban J connectivity index is 1.44. The van der Waals surface area contributed by atoms with E-state index < -0.39 is 0 Å². The average molecular weight is 383 g/mol. The zero-order chi connectivity index (χ0) is 20.1. The van der Waals surface area contributed by atoms with Gasteiger partial charge in [-0.3, -0.25) is 14.4 Å². The molecule has 0 aliphatic heterocycles. The van der Waals surface area contributed by atoms with E-state index in [1.54, 1.807) is 36.4 Å². The molecule has 3 rings (SSSR count). The van der Waals surface area contributed by atoms with Crippen molar-refractivity contribution < 1.29 is 18.8 Å². The molecule has 146 valence electrons. The second kappa shape index (κ2) is 8.65. The van der Waals surface area contributed by atoms with Gasteiger partial charge in [-0.2, -0.15) is 0 Å². The fourth-order valence-electron chi connectivity index (χ4n) is 3.00. The maximum atomic E-state index is 12.9. The number of rotatable bonds is 7. The van der Waals surface area contributed by atoms with Crippen LogP contribution in [0.15, 0.2) is 48.5 Å². The van der Waals surface area contributed by atoms with Crippen LogP contribution in [0.4, 0.5) is 15.8 Å². The minimum Gasteiger partial charge on any atom is -0.356 e. The minimum atomic E-state index is -0.352. The normalized spacial score (nSPS) is 17.5. The van der Waals surface area contributed by atoms with Crippen LogP contribution >= 0.6 is 0 Å². The van der Waals surface area contributed by atoms with Crippen molar-refractivity contribution in [2.45, 2.75) is 19.8 Å². The standard InChI is InChI=1S/C21H22FN3O3/c1-13(26)24-16-3-2-4-17(11-16)25-21(28)19-12-18(19)20(27)23-10-9-14-5-7-15(22)8-6-14/h2-8,11,18-19H,9-10,12H2,1H3,(H,23,27)(H,24,26)(H,25,28). The Morgan fingerprint density at radius 2 is 1.61 bits per heavy atom. The number of halogens is 1. The summed E-state index contributed by atoms with van der Waals surface area (Å²) in [5.74, 6) is -1.51. The van der Waals surface area contributed by atoms with E-state index in [9.17, 15) is 18.8 Å². The molecule has 1 fully saturated rings. The van der Waals surface area contributed by atoms with Crippen molar-refractivity contribution in [3.63, 3.8) is 0 Å². The smallest absolute Gasteiger partial charge is 0.228 e. The molecule has 3 N–H and O–H groups in total. The van der Waals surface area contributed by atoms with Crippen LogP contribution in [0.3, 0.4) is 0 Å². The third-order valence-electron chi connectivity index (χ3n) is 4.54. The van der Waals surface area contributed by atoms with E-state index in [4.69, 9.17) is 0 Å². The Morgan fingerprint density at radius 3 is 2.29 bits per heavy atom. The van der Waals surface area contributed by atoms with E-state index in [-0.39, 0.29) is 35.4 Å².